The van der Waals surface area contributed by atoms with Gasteiger partial charge in [-0.15, -0.1) is 0 Å². The monoisotopic (exact) mass is 299 g/mol. The zero-order valence-corrected chi connectivity index (χ0v) is 12.7. The Bertz CT molecular complexity index is 648. The summed E-state index contributed by atoms with van der Waals surface area (Å²) in [5.74, 6) is 0.0950. The Hall–Kier alpha value is -2.14. The minimum atomic E-state index is -0.272. The number of carbonyl (C=O) groups is 1. The van der Waals surface area contributed by atoms with Gasteiger partial charge >= 0.3 is 0 Å². The third-order valence-electron chi connectivity index (χ3n) is 4.25. The average Bonchev–Trinajstić information content (AvgIpc) is 3.13. The van der Waals surface area contributed by atoms with E-state index in [4.69, 9.17) is 0 Å². The molecule has 1 saturated carbocycles. The summed E-state index contributed by atoms with van der Waals surface area (Å²) in [7, 11) is 0. The molecule has 0 saturated heterocycles. The van der Waals surface area contributed by atoms with Crippen molar-refractivity contribution >= 4 is 5.91 Å². The van der Waals surface area contributed by atoms with E-state index < -0.39 is 0 Å². The highest BCUT2D eigenvalue weighted by Crippen LogP contribution is 2.24. The minimum absolute atomic E-state index is 0.0951. The summed E-state index contributed by atoms with van der Waals surface area (Å²) < 4.78 is 1.78. The first kappa shape index (κ1) is 14.8. The number of nitrogens with one attached hydrogen (secondary N) is 1. The highest BCUT2D eigenvalue weighted by molar-refractivity contribution is 5.94. The molecule has 1 heterocycles. The molecule has 0 aliphatic heterocycles. The molecular formula is C17H21N3O2. The number of benzene rings is 1. The molecular weight excluding hydrogens is 278 g/mol. The normalized spacial score (nSPS) is 21.0. The van der Waals surface area contributed by atoms with Crippen LogP contribution >= 0.6 is 0 Å². The maximum Gasteiger partial charge on any atom is 0.251 e. The van der Waals surface area contributed by atoms with Crippen molar-refractivity contribution in [2.24, 2.45) is 5.92 Å². The molecule has 2 aromatic rings. The number of aromatic nitrogens is 2. The third kappa shape index (κ3) is 3.20. The van der Waals surface area contributed by atoms with Crippen molar-refractivity contribution in [2.45, 2.75) is 32.3 Å². The van der Waals surface area contributed by atoms with E-state index in [2.05, 4.69) is 10.4 Å². The lowest BCUT2D eigenvalue weighted by Gasteiger charge is -2.15. The van der Waals surface area contributed by atoms with Crippen LogP contribution in [0.15, 0.2) is 36.7 Å². The van der Waals surface area contributed by atoms with Gasteiger partial charge in [-0.2, -0.15) is 5.10 Å². The number of carbonyl (C=O) groups excluding carboxylic acids is 1. The van der Waals surface area contributed by atoms with Crippen LogP contribution in [0, 0.1) is 12.8 Å². The summed E-state index contributed by atoms with van der Waals surface area (Å²) in [5.41, 5.74) is 2.65. The summed E-state index contributed by atoms with van der Waals surface area (Å²) in [4.78, 5) is 12.1. The van der Waals surface area contributed by atoms with Crippen LogP contribution < -0.4 is 5.32 Å². The molecule has 5 heteroatoms. The fourth-order valence-corrected chi connectivity index (χ4v) is 2.90. The molecule has 1 amide bonds. The van der Waals surface area contributed by atoms with E-state index in [0.29, 0.717) is 12.1 Å². The van der Waals surface area contributed by atoms with Gasteiger partial charge < -0.3 is 10.4 Å². The van der Waals surface area contributed by atoms with Gasteiger partial charge in [0.15, 0.2) is 0 Å². The molecule has 2 unspecified atom stereocenters. The van der Waals surface area contributed by atoms with Gasteiger partial charge in [-0.3, -0.25) is 4.79 Å². The first-order valence-electron chi connectivity index (χ1n) is 7.71. The number of hydrogen-bond acceptors (Lipinski definition) is 3. The summed E-state index contributed by atoms with van der Waals surface area (Å²) in [6.07, 6.45) is 6.34. The second-order valence-corrected chi connectivity index (χ2v) is 5.98. The lowest BCUT2D eigenvalue weighted by Crippen LogP contribution is -2.32. The van der Waals surface area contributed by atoms with Gasteiger partial charge in [-0.25, -0.2) is 4.68 Å². The van der Waals surface area contributed by atoms with Crippen LogP contribution in [0.5, 0.6) is 0 Å². The molecule has 1 aliphatic rings. The molecule has 22 heavy (non-hydrogen) atoms. The second-order valence-electron chi connectivity index (χ2n) is 5.98. The molecule has 1 aromatic heterocycles. The Morgan fingerprint density at radius 2 is 2.14 bits per heavy atom. The van der Waals surface area contributed by atoms with Crippen LogP contribution in [0.4, 0.5) is 0 Å². The molecule has 0 radical (unpaired) electrons. The van der Waals surface area contributed by atoms with E-state index >= 15 is 0 Å². The third-order valence-corrected chi connectivity index (χ3v) is 4.25. The minimum Gasteiger partial charge on any atom is -0.393 e. The first-order valence-corrected chi connectivity index (χ1v) is 7.71. The Morgan fingerprint density at radius 3 is 2.73 bits per heavy atom. The summed E-state index contributed by atoms with van der Waals surface area (Å²) in [5, 5.41) is 16.9. The molecule has 2 atom stereocenters. The maximum absolute atomic E-state index is 12.1. The van der Waals surface area contributed by atoms with E-state index in [1.165, 1.54) is 0 Å². The van der Waals surface area contributed by atoms with Crippen LogP contribution in [-0.4, -0.2) is 33.4 Å². The summed E-state index contributed by atoms with van der Waals surface area (Å²) in [6, 6.07) is 7.36. The van der Waals surface area contributed by atoms with Crippen LogP contribution in [-0.2, 0) is 0 Å². The van der Waals surface area contributed by atoms with E-state index in [-0.39, 0.29) is 17.9 Å². The molecule has 1 fully saturated rings. The van der Waals surface area contributed by atoms with Gasteiger partial charge in [0, 0.05) is 24.2 Å². The topological polar surface area (TPSA) is 67.2 Å². The van der Waals surface area contributed by atoms with Crippen LogP contribution in [0.2, 0.25) is 0 Å². The number of hydrogen-bond donors (Lipinski definition) is 2. The van der Waals surface area contributed by atoms with Crippen LogP contribution in [0.3, 0.4) is 0 Å². The summed E-state index contributed by atoms with van der Waals surface area (Å²) in [6.45, 7) is 2.53. The van der Waals surface area contributed by atoms with Crippen molar-refractivity contribution in [3.05, 3.63) is 47.8 Å². The Kier molecular flexibility index (Phi) is 4.24. The van der Waals surface area contributed by atoms with E-state index in [1.54, 1.807) is 23.0 Å². The molecule has 0 bridgehead atoms. The van der Waals surface area contributed by atoms with E-state index in [1.807, 2.05) is 25.3 Å². The lowest BCUT2D eigenvalue weighted by molar-refractivity contribution is 0.0917. The van der Waals surface area contributed by atoms with Gasteiger partial charge in [0.05, 0.1) is 18.0 Å². The Morgan fingerprint density at radius 1 is 1.36 bits per heavy atom. The number of nitrogens with zero attached hydrogens (tertiary/aromatic N) is 2. The molecule has 0 spiro atoms. The molecule has 1 aliphatic carbocycles. The maximum atomic E-state index is 12.1. The zero-order valence-electron chi connectivity index (χ0n) is 12.7. The number of rotatable bonds is 4. The van der Waals surface area contributed by atoms with Gasteiger partial charge in [-0.05, 0) is 49.6 Å². The largest absolute Gasteiger partial charge is 0.393 e. The zero-order chi connectivity index (χ0) is 15.5. The van der Waals surface area contributed by atoms with Crippen molar-refractivity contribution in [1.29, 1.82) is 0 Å². The molecule has 1 aromatic carbocycles. The predicted molar refractivity (Wildman–Crippen MR) is 84.0 cm³/mol. The standard InChI is InChI=1S/C17H21N3O2/c1-12-9-19-20(11-12)15-7-5-13(6-8-15)17(22)18-10-14-3-2-4-16(14)21/h5-9,11,14,16,21H,2-4,10H2,1H3,(H,18,22). The van der Waals surface area contributed by atoms with E-state index in [9.17, 15) is 9.90 Å². The van der Waals surface area contributed by atoms with Crippen molar-refractivity contribution in [2.75, 3.05) is 6.54 Å². The van der Waals surface area contributed by atoms with Crippen molar-refractivity contribution in [3.63, 3.8) is 0 Å². The smallest absolute Gasteiger partial charge is 0.251 e. The van der Waals surface area contributed by atoms with Gasteiger partial charge in [-0.1, -0.05) is 6.42 Å². The summed E-state index contributed by atoms with van der Waals surface area (Å²) >= 11 is 0. The van der Waals surface area contributed by atoms with Crippen molar-refractivity contribution in [1.82, 2.24) is 15.1 Å². The predicted octanol–water partition coefficient (Wildman–Crippen LogP) is 2.07. The average molecular weight is 299 g/mol. The first-order chi connectivity index (χ1) is 10.6. The number of aliphatic hydroxyl groups is 1. The molecule has 5 nitrogen and oxygen atoms in total. The fourth-order valence-electron chi connectivity index (χ4n) is 2.90. The Labute approximate surface area is 130 Å². The van der Waals surface area contributed by atoms with Crippen molar-refractivity contribution in [3.8, 4) is 5.69 Å². The van der Waals surface area contributed by atoms with Crippen LogP contribution in [0.1, 0.15) is 35.2 Å². The number of aryl methyl sites for hydroxylation is 1. The van der Waals surface area contributed by atoms with E-state index in [0.717, 1.165) is 30.5 Å². The van der Waals surface area contributed by atoms with Crippen molar-refractivity contribution < 1.29 is 9.90 Å². The van der Waals surface area contributed by atoms with Gasteiger partial charge in [0.1, 0.15) is 0 Å². The quantitative estimate of drug-likeness (QED) is 0.908. The Balaban J connectivity index is 1.61. The number of amides is 1. The van der Waals surface area contributed by atoms with Crippen LogP contribution in [0.25, 0.3) is 5.69 Å². The molecule has 116 valence electrons. The number of aliphatic hydroxyl groups excluding tert-OH is 1. The molecule has 3 rings (SSSR count). The molecule has 2 N–H and O–H groups in total. The second kappa shape index (κ2) is 6.32. The highest BCUT2D eigenvalue weighted by Gasteiger charge is 2.25. The lowest BCUT2D eigenvalue weighted by atomic mass is 10.1. The SMILES string of the molecule is Cc1cnn(-c2ccc(C(=O)NCC3CCCC3O)cc2)c1. The highest BCUT2D eigenvalue weighted by atomic mass is 16.3. The van der Waals surface area contributed by atoms with Gasteiger partial charge in [0.2, 0.25) is 0 Å². The van der Waals surface area contributed by atoms with Gasteiger partial charge in [0.25, 0.3) is 5.91 Å². The fraction of sp³-hybridized carbons (Fsp3) is 0.412.